The third-order valence-electron chi connectivity index (χ3n) is 6.84. The highest BCUT2D eigenvalue weighted by Crippen LogP contribution is 2.34. The monoisotopic (exact) mass is 646 g/mol. The molecule has 0 radical (unpaired) electrons. The smallest absolute Gasteiger partial charge is 0.495 e. The minimum Gasteiger partial charge on any atom is -0.495 e. The number of hydrogen-bond donors (Lipinski definition) is 1. The number of pyridine rings is 1. The Bertz CT molecular complexity index is 1790. The van der Waals surface area contributed by atoms with Gasteiger partial charge in [-0.15, -0.1) is 0 Å². The molecule has 0 fully saturated rings. The van der Waals surface area contributed by atoms with E-state index in [9.17, 15) is 24.0 Å². The molecule has 0 aliphatic heterocycles. The predicted octanol–water partition coefficient (Wildman–Crippen LogP) is 6.09. The number of Topliss-reactive ketones (excluding diaryl/α,β-unsaturated/α-hetero) is 1. The van der Waals surface area contributed by atoms with Gasteiger partial charge in [-0.1, -0.05) is 41.9 Å². The number of carbonyl (C=O) groups is 4. The summed E-state index contributed by atoms with van der Waals surface area (Å²) in [5, 5.41) is 3.17. The molecule has 238 valence electrons. The summed E-state index contributed by atoms with van der Waals surface area (Å²) in [7, 11) is 1.42. The summed E-state index contributed by atoms with van der Waals surface area (Å²) in [6.45, 7) is 2.51. The molecule has 46 heavy (non-hydrogen) atoms. The van der Waals surface area contributed by atoms with E-state index in [-0.39, 0.29) is 30.1 Å². The van der Waals surface area contributed by atoms with Crippen molar-refractivity contribution >= 4 is 41.1 Å². The van der Waals surface area contributed by atoms with Gasteiger partial charge in [-0.05, 0) is 67.4 Å². The largest absolute Gasteiger partial charge is 0.511 e. The highest BCUT2D eigenvalue weighted by Gasteiger charge is 2.25. The average Bonchev–Trinajstić information content (AvgIpc) is 3.04. The maximum atomic E-state index is 13.8. The van der Waals surface area contributed by atoms with Crippen LogP contribution in [0, 0.1) is 0 Å². The van der Waals surface area contributed by atoms with Gasteiger partial charge >= 0.3 is 12.1 Å². The van der Waals surface area contributed by atoms with Gasteiger partial charge in [0, 0.05) is 34.3 Å². The molecule has 0 unspecified atom stereocenters. The molecule has 0 saturated carbocycles. The second-order valence-corrected chi connectivity index (χ2v) is 10.3. The molecular formula is C34H31ClN2O9. The van der Waals surface area contributed by atoms with Crippen molar-refractivity contribution in [3.63, 3.8) is 0 Å². The zero-order valence-electron chi connectivity index (χ0n) is 25.3. The van der Waals surface area contributed by atoms with Gasteiger partial charge in [0.25, 0.3) is 5.56 Å². The molecule has 0 saturated heterocycles. The molecule has 11 nitrogen and oxygen atoms in total. The van der Waals surface area contributed by atoms with E-state index in [1.165, 1.54) is 55.1 Å². The van der Waals surface area contributed by atoms with E-state index in [0.717, 1.165) is 5.56 Å². The molecule has 1 aromatic heterocycles. The van der Waals surface area contributed by atoms with Crippen molar-refractivity contribution in [2.75, 3.05) is 25.8 Å². The number of benzene rings is 3. The van der Waals surface area contributed by atoms with Crippen molar-refractivity contribution < 1.29 is 38.1 Å². The van der Waals surface area contributed by atoms with Gasteiger partial charge in [0.15, 0.2) is 5.78 Å². The molecule has 1 atom stereocenters. The van der Waals surface area contributed by atoms with Gasteiger partial charge in [-0.3, -0.25) is 19.0 Å². The number of esters is 1. The number of ether oxygens (including phenoxy) is 4. The molecular weight excluding hydrogens is 616 g/mol. The highest BCUT2D eigenvalue weighted by molar-refractivity contribution is 6.31. The van der Waals surface area contributed by atoms with Gasteiger partial charge in [0.1, 0.15) is 11.8 Å². The fourth-order valence-electron chi connectivity index (χ4n) is 4.64. The number of ketones is 1. The normalized spacial score (nSPS) is 11.2. The minimum atomic E-state index is -1.02. The van der Waals surface area contributed by atoms with E-state index in [1.54, 1.807) is 25.1 Å². The summed E-state index contributed by atoms with van der Waals surface area (Å²) >= 11 is 6.23. The molecule has 3 aromatic carbocycles. The van der Waals surface area contributed by atoms with Crippen LogP contribution in [0.5, 0.6) is 5.75 Å². The van der Waals surface area contributed by atoms with E-state index < -0.39 is 36.4 Å². The van der Waals surface area contributed by atoms with Crippen molar-refractivity contribution in [3.8, 4) is 16.9 Å². The summed E-state index contributed by atoms with van der Waals surface area (Å²) < 4.78 is 21.0. The molecule has 4 aromatic rings. The molecule has 0 aliphatic rings. The van der Waals surface area contributed by atoms with Crippen LogP contribution >= 0.6 is 11.6 Å². The number of halogens is 1. The molecule has 1 N–H and O–H groups in total. The van der Waals surface area contributed by atoms with Crippen LogP contribution in [0.15, 0.2) is 89.9 Å². The van der Waals surface area contributed by atoms with Gasteiger partial charge in [0.2, 0.25) is 12.7 Å². The number of carbonyl (C=O) groups excluding carboxylic acids is 4. The van der Waals surface area contributed by atoms with Crippen LogP contribution in [0.1, 0.15) is 46.2 Å². The molecule has 0 spiro atoms. The lowest BCUT2D eigenvalue weighted by atomic mass is 9.97. The van der Waals surface area contributed by atoms with E-state index in [0.29, 0.717) is 27.4 Å². The Morgan fingerprint density at radius 1 is 0.891 bits per heavy atom. The first-order chi connectivity index (χ1) is 22.1. The van der Waals surface area contributed by atoms with Gasteiger partial charge in [0.05, 0.1) is 25.5 Å². The minimum absolute atomic E-state index is 0.116. The van der Waals surface area contributed by atoms with Crippen LogP contribution < -0.4 is 15.6 Å². The fraction of sp³-hybridized carbons (Fsp3) is 0.206. The number of nitrogens with one attached hydrogen (secondary N) is 1. The Balaban J connectivity index is 1.62. The van der Waals surface area contributed by atoms with E-state index >= 15 is 0 Å². The van der Waals surface area contributed by atoms with Gasteiger partial charge < -0.3 is 24.3 Å². The lowest BCUT2D eigenvalue weighted by Gasteiger charge is -2.22. The quantitative estimate of drug-likeness (QED) is 0.110. The molecule has 0 bridgehead atoms. The molecule has 1 heterocycles. The Hall–Kier alpha value is -5.42. The van der Waals surface area contributed by atoms with Crippen molar-refractivity contribution in [2.45, 2.75) is 26.3 Å². The van der Waals surface area contributed by atoms with Gasteiger partial charge in [-0.25, -0.2) is 9.59 Å². The number of amides is 1. The Kier molecular flexibility index (Phi) is 11.3. The summed E-state index contributed by atoms with van der Waals surface area (Å²) in [4.78, 5) is 63.3. The molecule has 1 amide bonds. The summed E-state index contributed by atoms with van der Waals surface area (Å²) in [6.07, 6.45) is 0.637. The first kappa shape index (κ1) is 33.5. The van der Waals surface area contributed by atoms with Crippen LogP contribution in [0.4, 0.5) is 10.5 Å². The second kappa shape index (κ2) is 15.5. The topological polar surface area (TPSA) is 139 Å². The van der Waals surface area contributed by atoms with Crippen molar-refractivity contribution in [1.29, 1.82) is 0 Å². The number of rotatable bonds is 12. The highest BCUT2D eigenvalue weighted by atomic mass is 35.5. The standard InChI is InChI=1S/C34H31ClN2O9/c1-4-44-34(42)46-20-45-33(41)23-10-13-25(14-11-23)36-32(40)29(16-22-8-6-5-7-9-22)37-19-30(43-3)28(18-31(37)39)27-17-24(35)12-15-26(27)21(2)38/h5-15,17-19,29H,4,16,20H2,1-3H3,(H,36,40)/t29-/m0/s1. The third-order valence-corrected chi connectivity index (χ3v) is 7.08. The van der Waals surface area contributed by atoms with E-state index in [1.807, 2.05) is 30.3 Å². The Morgan fingerprint density at radius 2 is 1.61 bits per heavy atom. The first-order valence-electron chi connectivity index (χ1n) is 14.1. The van der Waals surface area contributed by atoms with Crippen LogP contribution in [-0.4, -0.2) is 48.9 Å². The average molecular weight is 647 g/mol. The Labute approximate surface area is 269 Å². The first-order valence-corrected chi connectivity index (χ1v) is 14.5. The van der Waals surface area contributed by atoms with Crippen LogP contribution in [-0.2, 0) is 25.4 Å². The SMILES string of the molecule is CCOC(=O)OCOC(=O)c1ccc(NC(=O)[C@H](Cc2ccccc2)n2cc(OC)c(-c3cc(Cl)ccc3C(C)=O)cc2=O)cc1. The second-order valence-electron chi connectivity index (χ2n) is 9.90. The van der Waals surface area contributed by atoms with Crippen LogP contribution in [0.3, 0.4) is 0 Å². The summed E-state index contributed by atoms with van der Waals surface area (Å²) in [5.41, 5.74) is 1.93. The molecule has 4 rings (SSSR count). The molecule has 0 aliphatic carbocycles. The summed E-state index contributed by atoms with van der Waals surface area (Å²) in [6, 6.07) is 20.1. The number of aromatic nitrogens is 1. The predicted molar refractivity (Wildman–Crippen MR) is 170 cm³/mol. The van der Waals surface area contributed by atoms with Gasteiger partial charge in [-0.2, -0.15) is 0 Å². The van der Waals surface area contributed by atoms with Crippen LogP contribution in [0.25, 0.3) is 11.1 Å². The maximum absolute atomic E-state index is 13.8. The van der Waals surface area contributed by atoms with Crippen molar-refractivity contribution in [3.05, 3.63) is 117 Å². The number of hydrogen-bond acceptors (Lipinski definition) is 9. The zero-order chi connectivity index (χ0) is 33.2. The van der Waals surface area contributed by atoms with Crippen molar-refractivity contribution in [2.24, 2.45) is 0 Å². The van der Waals surface area contributed by atoms with E-state index in [4.69, 9.17) is 21.1 Å². The number of nitrogens with zero attached hydrogens (tertiary/aromatic N) is 1. The lowest BCUT2D eigenvalue weighted by molar-refractivity contribution is -0.119. The number of methoxy groups -OCH3 is 1. The lowest BCUT2D eigenvalue weighted by Crippen LogP contribution is -2.34. The number of anilines is 1. The fourth-order valence-corrected chi connectivity index (χ4v) is 4.81. The third kappa shape index (κ3) is 8.39. The molecule has 12 heteroatoms. The Morgan fingerprint density at radius 3 is 2.26 bits per heavy atom. The van der Waals surface area contributed by atoms with Crippen LogP contribution in [0.2, 0.25) is 5.02 Å². The maximum Gasteiger partial charge on any atom is 0.511 e. The van der Waals surface area contributed by atoms with Crippen molar-refractivity contribution in [1.82, 2.24) is 4.57 Å². The summed E-state index contributed by atoms with van der Waals surface area (Å²) in [5.74, 6) is -1.23. The zero-order valence-corrected chi connectivity index (χ0v) is 26.0. The van der Waals surface area contributed by atoms with E-state index in [2.05, 4.69) is 14.8 Å².